The van der Waals surface area contributed by atoms with Crippen LogP contribution in [0.1, 0.15) is 25.0 Å². The van der Waals surface area contributed by atoms with Crippen LogP contribution in [0.5, 0.6) is 17.2 Å². The van der Waals surface area contributed by atoms with Crippen LogP contribution >= 0.6 is 0 Å². The van der Waals surface area contributed by atoms with Crippen molar-refractivity contribution in [3.8, 4) is 28.4 Å². The number of ether oxygens (including phenoxy) is 3. The maximum absolute atomic E-state index is 12.9. The molecule has 0 bridgehead atoms. The number of carbonyl (C=O) groups is 1. The number of anilines is 1. The number of amides is 1. The highest BCUT2D eigenvalue weighted by Gasteiger charge is 2.19. The van der Waals surface area contributed by atoms with Crippen molar-refractivity contribution in [2.45, 2.75) is 20.8 Å². The van der Waals surface area contributed by atoms with Crippen LogP contribution in [0.25, 0.3) is 27.7 Å². The second-order valence-electron chi connectivity index (χ2n) is 8.09. The Morgan fingerprint density at radius 2 is 1.83 bits per heavy atom. The van der Waals surface area contributed by atoms with Crippen molar-refractivity contribution in [3.63, 3.8) is 0 Å². The zero-order valence-corrected chi connectivity index (χ0v) is 20.6. The molecule has 0 aliphatic carbocycles. The Balaban J connectivity index is 1.74. The van der Waals surface area contributed by atoms with Gasteiger partial charge in [-0.3, -0.25) is 4.79 Å². The summed E-state index contributed by atoms with van der Waals surface area (Å²) in [6.45, 7) is 6.31. The van der Waals surface area contributed by atoms with Gasteiger partial charge in [-0.2, -0.15) is 0 Å². The molecular weight excluding hydrogens is 442 g/mol. The lowest BCUT2D eigenvalue weighted by Gasteiger charge is -2.15. The van der Waals surface area contributed by atoms with E-state index in [1.165, 1.54) is 0 Å². The molecule has 6 nitrogen and oxygen atoms in total. The fraction of sp³-hybridized carbons (Fsp3) is 0.207. The van der Waals surface area contributed by atoms with Crippen LogP contribution in [-0.2, 0) is 4.79 Å². The van der Waals surface area contributed by atoms with E-state index in [1.807, 2.05) is 57.2 Å². The zero-order chi connectivity index (χ0) is 24.9. The third-order valence-corrected chi connectivity index (χ3v) is 5.86. The van der Waals surface area contributed by atoms with Gasteiger partial charge in [-0.05, 0) is 50.1 Å². The topological polar surface area (TPSA) is 69.9 Å². The van der Waals surface area contributed by atoms with Gasteiger partial charge in [0.05, 0.1) is 32.8 Å². The molecule has 1 N–H and O–H groups in total. The van der Waals surface area contributed by atoms with Gasteiger partial charge in [-0.15, -0.1) is 0 Å². The Morgan fingerprint density at radius 3 is 2.51 bits per heavy atom. The number of hydrogen-bond donors (Lipinski definition) is 1. The molecule has 4 aromatic rings. The predicted molar refractivity (Wildman–Crippen MR) is 139 cm³/mol. The molecule has 6 heteroatoms. The predicted octanol–water partition coefficient (Wildman–Crippen LogP) is 6.87. The van der Waals surface area contributed by atoms with Gasteiger partial charge in [-0.25, -0.2) is 0 Å². The third kappa shape index (κ3) is 4.87. The summed E-state index contributed by atoms with van der Waals surface area (Å²) in [6, 6.07) is 17.4. The van der Waals surface area contributed by atoms with Gasteiger partial charge in [-0.1, -0.05) is 30.3 Å². The lowest BCUT2D eigenvalue weighted by atomic mass is 9.96. The highest BCUT2D eigenvalue weighted by Crippen LogP contribution is 2.40. The molecule has 0 aliphatic rings. The number of rotatable bonds is 8. The lowest BCUT2D eigenvalue weighted by Crippen LogP contribution is -2.10. The fourth-order valence-electron chi connectivity index (χ4n) is 4.13. The summed E-state index contributed by atoms with van der Waals surface area (Å²) < 4.78 is 22.6. The van der Waals surface area contributed by atoms with Gasteiger partial charge in [0, 0.05) is 34.2 Å². The van der Waals surface area contributed by atoms with Crippen molar-refractivity contribution < 1.29 is 23.4 Å². The first-order chi connectivity index (χ1) is 17.0. The minimum Gasteiger partial charge on any atom is -0.497 e. The molecule has 4 rings (SSSR count). The first kappa shape index (κ1) is 24.0. The molecular formula is C29H29NO5. The Morgan fingerprint density at radius 1 is 1.06 bits per heavy atom. The third-order valence-electron chi connectivity index (χ3n) is 5.86. The van der Waals surface area contributed by atoms with Crippen molar-refractivity contribution in [3.05, 3.63) is 78.1 Å². The molecule has 0 saturated carbocycles. The van der Waals surface area contributed by atoms with Crippen LogP contribution in [0, 0.1) is 6.92 Å². The van der Waals surface area contributed by atoms with Crippen LogP contribution in [0.15, 0.2) is 71.4 Å². The molecule has 1 aromatic heterocycles. The molecule has 0 saturated heterocycles. The van der Waals surface area contributed by atoms with E-state index >= 15 is 0 Å². The Labute approximate surface area is 205 Å². The molecule has 0 radical (unpaired) electrons. The highest BCUT2D eigenvalue weighted by molar-refractivity contribution is 6.06. The van der Waals surface area contributed by atoms with Crippen LogP contribution < -0.4 is 19.5 Å². The number of allylic oxidation sites excluding steroid dienone is 1. The van der Waals surface area contributed by atoms with E-state index in [-0.39, 0.29) is 5.91 Å². The summed E-state index contributed by atoms with van der Waals surface area (Å²) in [7, 11) is 3.13. The fourth-order valence-corrected chi connectivity index (χ4v) is 4.13. The van der Waals surface area contributed by atoms with Crippen LogP contribution in [0.4, 0.5) is 5.69 Å². The second-order valence-corrected chi connectivity index (χ2v) is 8.09. The molecule has 3 aromatic carbocycles. The maximum Gasteiger partial charge on any atom is 0.248 e. The summed E-state index contributed by atoms with van der Waals surface area (Å²) in [4.78, 5) is 12.9. The Hall–Kier alpha value is -4.19. The smallest absolute Gasteiger partial charge is 0.248 e. The minimum absolute atomic E-state index is 0.276. The molecule has 0 fully saturated rings. The molecule has 180 valence electrons. The van der Waals surface area contributed by atoms with Crippen LogP contribution in [0.2, 0.25) is 0 Å². The van der Waals surface area contributed by atoms with Crippen molar-refractivity contribution >= 4 is 28.1 Å². The molecule has 1 heterocycles. The summed E-state index contributed by atoms with van der Waals surface area (Å²) in [5.74, 6) is 1.59. The molecule has 0 unspecified atom stereocenters. The number of carbonyl (C=O) groups excluding carboxylic acids is 1. The standard InChI is InChI=1S/C29H29NO5/c1-6-34-28-19(3)29-23(24(17-35-29)20-10-8-7-9-11-20)16-22(28)18(2)14-27(31)30-25-13-12-21(32-4)15-26(25)33-5/h7-17H,6H2,1-5H3,(H,30,31)/b18-14+. The van der Waals surface area contributed by atoms with Gasteiger partial charge in [0.1, 0.15) is 22.8 Å². The first-order valence-electron chi connectivity index (χ1n) is 11.4. The normalized spacial score (nSPS) is 11.4. The quantitative estimate of drug-likeness (QED) is 0.284. The number of fused-ring (bicyclic) bond motifs is 1. The van der Waals surface area contributed by atoms with Gasteiger partial charge >= 0.3 is 0 Å². The van der Waals surface area contributed by atoms with E-state index in [0.29, 0.717) is 29.5 Å². The Kier molecular flexibility index (Phi) is 7.11. The molecule has 0 spiro atoms. The summed E-state index contributed by atoms with van der Waals surface area (Å²) in [6.07, 6.45) is 3.34. The maximum atomic E-state index is 12.9. The van der Waals surface area contributed by atoms with Crippen molar-refractivity contribution in [2.75, 3.05) is 26.1 Å². The number of nitrogens with one attached hydrogen (secondary N) is 1. The average Bonchev–Trinajstić information content (AvgIpc) is 3.30. The number of benzene rings is 3. The molecule has 1 amide bonds. The number of hydrogen-bond acceptors (Lipinski definition) is 5. The van der Waals surface area contributed by atoms with Gasteiger partial charge in [0.15, 0.2) is 0 Å². The molecule has 35 heavy (non-hydrogen) atoms. The van der Waals surface area contributed by atoms with E-state index in [9.17, 15) is 4.79 Å². The largest absolute Gasteiger partial charge is 0.497 e. The highest BCUT2D eigenvalue weighted by atomic mass is 16.5. The first-order valence-corrected chi connectivity index (χ1v) is 11.4. The second kappa shape index (κ2) is 10.4. The minimum atomic E-state index is -0.276. The van der Waals surface area contributed by atoms with E-state index in [4.69, 9.17) is 18.6 Å². The van der Waals surface area contributed by atoms with Crippen molar-refractivity contribution in [1.82, 2.24) is 0 Å². The number of methoxy groups -OCH3 is 2. The average molecular weight is 472 g/mol. The molecule has 0 aliphatic heterocycles. The van der Waals surface area contributed by atoms with Crippen LogP contribution in [-0.4, -0.2) is 26.7 Å². The number of aryl methyl sites for hydroxylation is 1. The van der Waals surface area contributed by atoms with E-state index < -0.39 is 0 Å². The molecule has 0 atom stereocenters. The monoisotopic (exact) mass is 471 g/mol. The van der Waals surface area contributed by atoms with E-state index in [0.717, 1.165) is 38.8 Å². The van der Waals surface area contributed by atoms with Crippen molar-refractivity contribution in [2.24, 2.45) is 0 Å². The SMILES string of the molecule is CCOc1c(/C(C)=C/C(=O)Nc2ccc(OC)cc2OC)cc2c(-c3ccccc3)coc2c1C. The van der Waals surface area contributed by atoms with Gasteiger partial charge < -0.3 is 23.9 Å². The van der Waals surface area contributed by atoms with E-state index in [2.05, 4.69) is 5.32 Å². The van der Waals surface area contributed by atoms with E-state index in [1.54, 1.807) is 44.8 Å². The van der Waals surface area contributed by atoms with Gasteiger partial charge in [0.2, 0.25) is 5.91 Å². The van der Waals surface area contributed by atoms with Crippen LogP contribution in [0.3, 0.4) is 0 Å². The Bertz CT molecular complexity index is 1390. The summed E-state index contributed by atoms with van der Waals surface area (Å²) in [5, 5.41) is 3.86. The summed E-state index contributed by atoms with van der Waals surface area (Å²) >= 11 is 0. The zero-order valence-electron chi connectivity index (χ0n) is 20.6. The van der Waals surface area contributed by atoms with Gasteiger partial charge in [0.25, 0.3) is 0 Å². The lowest BCUT2D eigenvalue weighted by molar-refractivity contribution is -0.111. The summed E-state index contributed by atoms with van der Waals surface area (Å²) in [5.41, 5.74) is 5.89. The van der Waals surface area contributed by atoms with Crippen molar-refractivity contribution in [1.29, 1.82) is 0 Å². The number of furan rings is 1.